The summed E-state index contributed by atoms with van der Waals surface area (Å²) in [5, 5.41) is 9.61. The van der Waals surface area contributed by atoms with Crippen LogP contribution in [-0.4, -0.2) is 11.2 Å². The quantitative estimate of drug-likeness (QED) is 0.414. The number of unbranched alkanes of at least 4 members (excludes halogenated alkanes) is 5. The molecule has 0 aromatic rings. The molecule has 0 saturated carbocycles. The highest BCUT2D eigenvalue weighted by Gasteiger charge is 2.02. The molecular formula is C13H26O. The first-order valence-electron chi connectivity index (χ1n) is 6.10. The Balaban J connectivity index is 3.09. The number of rotatable bonds is 10. The Morgan fingerprint density at radius 1 is 1.07 bits per heavy atom. The van der Waals surface area contributed by atoms with Crippen LogP contribution in [0.4, 0.5) is 0 Å². The highest BCUT2D eigenvalue weighted by atomic mass is 16.3. The van der Waals surface area contributed by atoms with Crippen molar-refractivity contribution in [1.82, 2.24) is 0 Å². The molecule has 0 saturated heterocycles. The van der Waals surface area contributed by atoms with Gasteiger partial charge in [0, 0.05) is 0 Å². The van der Waals surface area contributed by atoms with Crippen LogP contribution in [0.1, 0.15) is 64.7 Å². The molecule has 1 atom stereocenters. The summed E-state index contributed by atoms with van der Waals surface area (Å²) in [6, 6.07) is 0. The molecule has 14 heavy (non-hydrogen) atoms. The summed E-state index contributed by atoms with van der Waals surface area (Å²) < 4.78 is 0. The normalized spacial score (nSPS) is 12.7. The van der Waals surface area contributed by atoms with Gasteiger partial charge in [-0.2, -0.15) is 0 Å². The average molecular weight is 198 g/mol. The van der Waals surface area contributed by atoms with Crippen LogP contribution in [-0.2, 0) is 0 Å². The van der Waals surface area contributed by atoms with Crippen molar-refractivity contribution in [2.24, 2.45) is 0 Å². The van der Waals surface area contributed by atoms with Crippen LogP contribution in [0.25, 0.3) is 0 Å². The van der Waals surface area contributed by atoms with Crippen LogP contribution in [0, 0.1) is 0 Å². The summed E-state index contributed by atoms with van der Waals surface area (Å²) in [6.45, 7) is 5.89. The van der Waals surface area contributed by atoms with E-state index in [4.69, 9.17) is 0 Å². The molecule has 1 nitrogen and oxygen atoms in total. The maximum atomic E-state index is 9.61. The van der Waals surface area contributed by atoms with E-state index in [-0.39, 0.29) is 6.10 Å². The van der Waals surface area contributed by atoms with Crippen LogP contribution >= 0.6 is 0 Å². The van der Waals surface area contributed by atoms with Crippen LogP contribution in [0.2, 0.25) is 0 Å². The van der Waals surface area contributed by atoms with E-state index < -0.39 is 0 Å². The third kappa shape index (κ3) is 9.79. The van der Waals surface area contributed by atoms with Crippen molar-refractivity contribution in [3.63, 3.8) is 0 Å². The van der Waals surface area contributed by atoms with Gasteiger partial charge in [0.1, 0.15) is 0 Å². The molecule has 0 aromatic heterocycles. The first-order valence-corrected chi connectivity index (χ1v) is 6.10. The molecular weight excluding hydrogens is 172 g/mol. The number of hydrogen-bond acceptors (Lipinski definition) is 1. The predicted octanol–water partition coefficient (Wildman–Crippen LogP) is 4.06. The van der Waals surface area contributed by atoms with Crippen molar-refractivity contribution in [2.45, 2.75) is 70.8 Å². The summed E-state index contributed by atoms with van der Waals surface area (Å²) in [7, 11) is 0. The molecule has 0 spiro atoms. The monoisotopic (exact) mass is 198 g/mol. The van der Waals surface area contributed by atoms with Crippen molar-refractivity contribution >= 4 is 0 Å². The fraction of sp³-hybridized carbons (Fsp3) is 0.846. The van der Waals surface area contributed by atoms with E-state index in [1.54, 1.807) is 0 Å². The Hall–Kier alpha value is -0.300. The minimum atomic E-state index is -0.0507. The Morgan fingerprint density at radius 2 is 1.71 bits per heavy atom. The maximum Gasteiger partial charge on any atom is 0.0540 e. The first-order chi connectivity index (χ1) is 6.81. The fourth-order valence-corrected chi connectivity index (χ4v) is 1.62. The lowest BCUT2D eigenvalue weighted by Crippen LogP contribution is -2.05. The summed E-state index contributed by atoms with van der Waals surface area (Å²) in [5.74, 6) is 0. The summed E-state index contributed by atoms with van der Waals surface area (Å²) in [5.41, 5.74) is 0. The Kier molecular flexibility index (Phi) is 10.5. The zero-order valence-electron chi connectivity index (χ0n) is 9.67. The second-order valence-corrected chi connectivity index (χ2v) is 4.08. The third-order valence-electron chi connectivity index (χ3n) is 2.59. The van der Waals surface area contributed by atoms with Gasteiger partial charge in [-0.1, -0.05) is 45.1 Å². The Labute approximate surface area is 89.2 Å². The maximum absolute atomic E-state index is 9.61. The third-order valence-corrected chi connectivity index (χ3v) is 2.59. The van der Waals surface area contributed by atoms with Crippen LogP contribution in [0.5, 0.6) is 0 Å². The van der Waals surface area contributed by atoms with Gasteiger partial charge >= 0.3 is 0 Å². The lowest BCUT2D eigenvalue weighted by Gasteiger charge is -2.09. The van der Waals surface area contributed by atoms with E-state index >= 15 is 0 Å². The van der Waals surface area contributed by atoms with Crippen molar-refractivity contribution in [3.05, 3.63) is 12.7 Å². The minimum absolute atomic E-state index is 0.0507. The van der Waals surface area contributed by atoms with Crippen LogP contribution in [0.15, 0.2) is 12.7 Å². The van der Waals surface area contributed by atoms with Gasteiger partial charge in [0.15, 0.2) is 0 Å². The standard InChI is InChI=1S/C13H26O/c1-3-5-7-8-10-12-13(14)11-9-6-4-2/h3,13-14H,1,4-12H2,2H3. The summed E-state index contributed by atoms with van der Waals surface area (Å²) >= 11 is 0. The molecule has 0 aliphatic rings. The number of aliphatic hydroxyl groups excluding tert-OH is 1. The van der Waals surface area contributed by atoms with Gasteiger partial charge in [-0.15, -0.1) is 6.58 Å². The van der Waals surface area contributed by atoms with Gasteiger partial charge in [0.2, 0.25) is 0 Å². The van der Waals surface area contributed by atoms with E-state index in [1.807, 2.05) is 6.08 Å². The fourth-order valence-electron chi connectivity index (χ4n) is 1.62. The summed E-state index contributed by atoms with van der Waals surface area (Å²) in [6.07, 6.45) is 12.3. The van der Waals surface area contributed by atoms with Crippen LogP contribution < -0.4 is 0 Å². The van der Waals surface area contributed by atoms with Gasteiger partial charge in [-0.25, -0.2) is 0 Å². The molecule has 1 unspecified atom stereocenters. The van der Waals surface area contributed by atoms with Crippen molar-refractivity contribution in [1.29, 1.82) is 0 Å². The zero-order valence-corrected chi connectivity index (χ0v) is 9.67. The molecule has 0 heterocycles. The smallest absolute Gasteiger partial charge is 0.0540 e. The highest BCUT2D eigenvalue weighted by Crippen LogP contribution is 2.11. The van der Waals surface area contributed by atoms with E-state index in [1.165, 1.54) is 38.5 Å². The molecule has 1 N–H and O–H groups in total. The number of allylic oxidation sites excluding steroid dienone is 1. The van der Waals surface area contributed by atoms with Crippen molar-refractivity contribution in [3.8, 4) is 0 Å². The van der Waals surface area contributed by atoms with Gasteiger partial charge < -0.3 is 5.11 Å². The lowest BCUT2D eigenvalue weighted by atomic mass is 10.0. The van der Waals surface area contributed by atoms with Gasteiger partial charge in [-0.3, -0.25) is 0 Å². The topological polar surface area (TPSA) is 20.2 Å². The molecule has 0 bridgehead atoms. The average Bonchev–Trinajstić information content (AvgIpc) is 2.18. The summed E-state index contributed by atoms with van der Waals surface area (Å²) in [4.78, 5) is 0. The van der Waals surface area contributed by atoms with Gasteiger partial charge in [-0.05, 0) is 25.7 Å². The second-order valence-electron chi connectivity index (χ2n) is 4.08. The zero-order chi connectivity index (χ0) is 10.6. The van der Waals surface area contributed by atoms with Crippen molar-refractivity contribution in [2.75, 3.05) is 0 Å². The molecule has 0 aliphatic carbocycles. The molecule has 0 rings (SSSR count). The Morgan fingerprint density at radius 3 is 2.29 bits per heavy atom. The molecule has 0 aromatic carbocycles. The van der Waals surface area contributed by atoms with Gasteiger partial charge in [0.25, 0.3) is 0 Å². The number of aliphatic hydroxyl groups is 1. The second kappa shape index (κ2) is 10.8. The highest BCUT2D eigenvalue weighted by molar-refractivity contribution is 4.65. The van der Waals surface area contributed by atoms with E-state index in [9.17, 15) is 5.11 Å². The first kappa shape index (κ1) is 13.7. The Bertz CT molecular complexity index is 120. The molecule has 1 heteroatoms. The lowest BCUT2D eigenvalue weighted by molar-refractivity contribution is 0.147. The number of hydrogen-bond donors (Lipinski definition) is 1. The molecule has 0 fully saturated rings. The van der Waals surface area contributed by atoms with Crippen LogP contribution in [0.3, 0.4) is 0 Å². The molecule has 0 radical (unpaired) electrons. The molecule has 84 valence electrons. The predicted molar refractivity (Wildman–Crippen MR) is 63.4 cm³/mol. The van der Waals surface area contributed by atoms with Crippen molar-refractivity contribution < 1.29 is 5.11 Å². The molecule has 0 amide bonds. The van der Waals surface area contributed by atoms with E-state index in [0.29, 0.717) is 0 Å². The van der Waals surface area contributed by atoms with Gasteiger partial charge in [0.05, 0.1) is 6.10 Å². The largest absolute Gasteiger partial charge is 0.393 e. The molecule has 0 aliphatic heterocycles. The van der Waals surface area contributed by atoms with E-state index in [0.717, 1.165) is 19.3 Å². The van der Waals surface area contributed by atoms with E-state index in [2.05, 4.69) is 13.5 Å². The minimum Gasteiger partial charge on any atom is -0.393 e. The SMILES string of the molecule is C=CCCCCCC(O)CCCCC.